The molecule has 1 heterocycles. The molecule has 0 bridgehead atoms. The number of Topliss-reactive ketones (excluding diaryl/α,β-unsaturated/α-hetero) is 1. The second-order valence-electron chi connectivity index (χ2n) is 6.51. The molecule has 0 unspecified atom stereocenters. The number of hydrogen-bond acceptors (Lipinski definition) is 3. The topological polar surface area (TPSA) is 37.3 Å². The Morgan fingerprint density at radius 1 is 1.41 bits per heavy atom. The van der Waals surface area contributed by atoms with Crippen LogP contribution >= 0.6 is 11.3 Å². The summed E-state index contributed by atoms with van der Waals surface area (Å²) in [5, 5.41) is 11.8. The third-order valence-electron chi connectivity index (χ3n) is 4.37. The van der Waals surface area contributed by atoms with Gasteiger partial charge in [0.1, 0.15) is 5.78 Å². The Bertz CT molecular complexity index is 663. The van der Waals surface area contributed by atoms with Gasteiger partial charge in [0.05, 0.1) is 5.60 Å². The highest BCUT2D eigenvalue weighted by Crippen LogP contribution is 2.29. The normalized spacial score (nSPS) is 21.7. The minimum atomic E-state index is -0.804. The quantitative estimate of drug-likeness (QED) is 0.824. The molecular formula is C19H22O2S. The second kappa shape index (κ2) is 6.35. The van der Waals surface area contributed by atoms with E-state index in [0.717, 1.165) is 12.8 Å². The van der Waals surface area contributed by atoms with Gasteiger partial charge in [0.2, 0.25) is 0 Å². The minimum absolute atomic E-state index is 0.323. The van der Waals surface area contributed by atoms with E-state index in [9.17, 15) is 9.90 Å². The van der Waals surface area contributed by atoms with Crippen LogP contribution in [0.15, 0.2) is 42.5 Å². The van der Waals surface area contributed by atoms with Gasteiger partial charge in [-0.25, -0.2) is 0 Å². The average molecular weight is 314 g/mol. The molecule has 2 nitrogen and oxygen atoms in total. The average Bonchev–Trinajstić information content (AvgIpc) is 3.09. The number of thiophene rings is 1. The van der Waals surface area contributed by atoms with Crippen molar-refractivity contribution in [1.29, 1.82) is 0 Å². The summed E-state index contributed by atoms with van der Waals surface area (Å²) in [6, 6.07) is 10.6. The number of carbonyl (C=O) groups excluding carboxylic acids is 1. The summed E-state index contributed by atoms with van der Waals surface area (Å²) >= 11 is 1.80. The smallest absolute Gasteiger partial charge is 0.133 e. The Morgan fingerprint density at radius 3 is 2.95 bits per heavy atom. The van der Waals surface area contributed by atoms with Crippen LogP contribution in [0.4, 0.5) is 0 Å². The highest BCUT2D eigenvalue weighted by molar-refractivity contribution is 7.19. The Labute approximate surface area is 135 Å². The molecule has 1 aromatic heterocycles. The molecule has 1 aliphatic rings. The Hall–Kier alpha value is -1.45. The van der Waals surface area contributed by atoms with Crippen molar-refractivity contribution in [2.75, 3.05) is 0 Å². The van der Waals surface area contributed by atoms with Gasteiger partial charge in [-0.2, -0.15) is 0 Å². The number of benzene rings is 1. The molecule has 1 saturated carbocycles. The van der Waals surface area contributed by atoms with E-state index in [-0.39, 0.29) is 0 Å². The van der Waals surface area contributed by atoms with E-state index in [1.54, 1.807) is 11.3 Å². The van der Waals surface area contributed by atoms with Crippen LogP contribution in [-0.4, -0.2) is 16.5 Å². The van der Waals surface area contributed by atoms with Crippen molar-refractivity contribution >= 4 is 27.2 Å². The van der Waals surface area contributed by atoms with Crippen molar-refractivity contribution in [3.8, 4) is 0 Å². The second-order valence-corrected chi connectivity index (χ2v) is 7.68. The number of allylic oxidation sites excluding steroid dienone is 1. The first-order chi connectivity index (χ1) is 10.5. The Balaban J connectivity index is 1.59. The number of aliphatic hydroxyl groups is 1. The highest BCUT2D eigenvalue weighted by Gasteiger charge is 2.22. The molecule has 0 spiro atoms. The number of carbonyl (C=O) groups is 1. The van der Waals surface area contributed by atoms with Gasteiger partial charge in [0.15, 0.2) is 0 Å². The van der Waals surface area contributed by atoms with Gasteiger partial charge in [0, 0.05) is 22.4 Å². The third kappa shape index (κ3) is 3.84. The SMILES string of the molecule is C[C@](O)(/C=C/[C@H]1CCC(=O)C1)CCc1cc2ccccc2s1. The number of aryl methyl sites for hydroxylation is 1. The molecule has 1 aliphatic carbocycles. The monoisotopic (exact) mass is 314 g/mol. The van der Waals surface area contributed by atoms with Gasteiger partial charge in [-0.05, 0) is 49.6 Å². The van der Waals surface area contributed by atoms with E-state index in [0.29, 0.717) is 31.0 Å². The standard InChI is InChI=1S/C19H22O2S/c1-19(21,10-8-14-6-7-16(20)12-14)11-9-17-13-15-4-2-3-5-18(15)22-17/h2-5,8,10,13-14,21H,6-7,9,11-12H2,1H3/b10-8+/t14-,19+/m1/s1. The maximum absolute atomic E-state index is 11.3. The van der Waals surface area contributed by atoms with Crippen molar-refractivity contribution in [3.05, 3.63) is 47.4 Å². The molecule has 1 aromatic carbocycles. The van der Waals surface area contributed by atoms with Crippen LogP contribution in [-0.2, 0) is 11.2 Å². The van der Waals surface area contributed by atoms with Crippen LogP contribution in [0.1, 0.15) is 37.5 Å². The lowest BCUT2D eigenvalue weighted by atomic mass is 9.96. The number of rotatable bonds is 5. The summed E-state index contributed by atoms with van der Waals surface area (Å²) in [6.45, 7) is 1.85. The van der Waals surface area contributed by atoms with Crippen LogP contribution in [0.3, 0.4) is 0 Å². The van der Waals surface area contributed by atoms with Crippen molar-refractivity contribution in [2.24, 2.45) is 5.92 Å². The summed E-state index contributed by atoms with van der Waals surface area (Å²) in [4.78, 5) is 12.6. The van der Waals surface area contributed by atoms with E-state index in [2.05, 4.69) is 30.3 Å². The van der Waals surface area contributed by atoms with Gasteiger partial charge in [-0.3, -0.25) is 4.79 Å². The zero-order valence-electron chi connectivity index (χ0n) is 12.9. The lowest BCUT2D eigenvalue weighted by Crippen LogP contribution is -2.21. The zero-order valence-corrected chi connectivity index (χ0v) is 13.7. The van der Waals surface area contributed by atoms with Crippen molar-refractivity contribution in [3.63, 3.8) is 0 Å². The first kappa shape index (κ1) is 15.4. The molecule has 3 heteroatoms. The lowest BCUT2D eigenvalue weighted by molar-refractivity contribution is -0.117. The number of fused-ring (bicyclic) bond motifs is 1. The first-order valence-corrected chi connectivity index (χ1v) is 8.74. The van der Waals surface area contributed by atoms with Crippen LogP contribution in [0, 0.1) is 5.92 Å². The first-order valence-electron chi connectivity index (χ1n) is 7.93. The molecule has 0 aliphatic heterocycles. The largest absolute Gasteiger partial charge is 0.386 e. The summed E-state index contributed by atoms with van der Waals surface area (Å²) < 4.78 is 1.30. The maximum atomic E-state index is 11.3. The highest BCUT2D eigenvalue weighted by atomic mass is 32.1. The molecule has 0 radical (unpaired) electrons. The Kier molecular flexibility index (Phi) is 4.46. The predicted octanol–water partition coefficient (Wildman–Crippen LogP) is 4.51. The van der Waals surface area contributed by atoms with Crippen LogP contribution < -0.4 is 0 Å². The van der Waals surface area contributed by atoms with Crippen LogP contribution in [0.5, 0.6) is 0 Å². The molecule has 2 aromatic rings. The maximum Gasteiger partial charge on any atom is 0.133 e. The van der Waals surface area contributed by atoms with Gasteiger partial charge in [-0.1, -0.05) is 30.4 Å². The number of hydrogen-bond donors (Lipinski definition) is 1. The fourth-order valence-electron chi connectivity index (χ4n) is 2.97. The lowest BCUT2D eigenvalue weighted by Gasteiger charge is -2.19. The van der Waals surface area contributed by atoms with Gasteiger partial charge >= 0.3 is 0 Å². The van der Waals surface area contributed by atoms with Gasteiger partial charge in [-0.15, -0.1) is 11.3 Å². The summed E-state index contributed by atoms with van der Waals surface area (Å²) in [7, 11) is 0. The van der Waals surface area contributed by atoms with Crippen molar-refractivity contribution in [1.82, 2.24) is 0 Å². The van der Waals surface area contributed by atoms with Crippen LogP contribution in [0.2, 0.25) is 0 Å². The summed E-state index contributed by atoms with van der Waals surface area (Å²) in [5.41, 5.74) is -0.804. The molecule has 2 atom stereocenters. The fourth-order valence-corrected chi connectivity index (χ4v) is 4.03. The van der Waals surface area contributed by atoms with Gasteiger partial charge in [0.25, 0.3) is 0 Å². The Morgan fingerprint density at radius 2 is 2.23 bits per heavy atom. The predicted molar refractivity (Wildman–Crippen MR) is 92.3 cm³/mol. The molecule has 0 saturated heterocycles. The molecule has 1 N–H and O–H groups in total. The molecule has 116 valence electrons. The third-order valence-corrected chi connectivity index (χ3v) is 5.54. The van der Waals surface area contributed by atoms with E-state index in [1.807, 2.05) is 19.1 Å². The molecular weight excluding hydrogens is 292 g/mol. The van der Waals surface area contributed by atoms with Crippen molar-refractivity contribution < 1.29 is 9.90 Å². The zero-order chi connectivity index (χ0) is 15.6. The summed E-state index contributed by atoms with van der Waals surface area (Å²) in [6.07, 6.45) is 7.78. The van der Waals surface area contributed by atoms with Crippen LogP contribution in [0.25, 0.3) is 10.1 Å². The summed E-state index contributed by atoms with van der Waals surface area (Å²) in [5.74, 6) is 0.669. The van der Waals surface area contributed by atoms with E-state index in [1.165, 1.54) is 15.0 Å². The van der Waals surface area contributed by atoms with E-state index in [4.69, 9.17) is 0 Å². The molecule has 3 rings (SSSR count). The van der Waals surface area contributed by atoms with E-state index < -0.39 is 5.60 Å². The fraction of sp³-hybridized carbons (Fsp3) is 0.421. The molecule has 22 heavy (non-hydrogen) atoms. The van der Waals surface area contributed by atoms with Crippen molar-refractivity contribution in [2.45, 2.75) is 44.6 Å². The van der Waals surface area contributed by atoms with E-state index >= 15 is 0 Å². The minimum Gasteiger partial charge on any atom is -0.386 e. The van der Waals surface area contributed by atoms with Gasteiger partial charge < -0.3 is 5.11 Å². The molecule has 1 fully saturated rings. The number of ketones is 1. The molecule has 0 amide bonds.